The summed E-state index contributed by atoms with van der Waals surface area (Å²) in [5, 5.41) is 8.34. The fraction of sp³-hybridized carbons (Fsp3) is 0.667. The molecule has 30 heavy (non-hydrogen) atoms. The van der Waals surface area contributed by atoms with Crippen molar-refractivity contribution >= 4 is 17.2 Å². The summed E-state index contributed by atoms with van der Waals surface area (Å²) in [4.78, 5) is 18.0. The molecule has 1 saturated heterocycles. The number of nitrogens with one attached hydrogen (secondary N) is 1. The van der Waals surface area contributed by atoms with Crippen molar-refractivity contribution in [2.75, 3.05) is 45.6 Å². The second-order valence-corrected chi connectivity index (χ2v) is 9.42. The van der Waals surface area contributed by atoms with Gasteiger partial charge in [0.2, 0.25) is 5.78 Å². The average Bonchev–Trinajstić information content (AvgIpc) is 3.59. The Bertz CT molecular complexity index is 760. The van der Waals surface area contributed by atoms with Crippen molar-refractivity contribution in [1.82, 2.24) is 9.80 Å². The number of anilines is 1. The second kappa shape index (κ2) is 9.48. The van der Waals surface area contributed by atoms with Crippen LogP contribution in [-0.4, -0.2) is 67.2 Å². The Kier molecular flexibility index (Phi) is 6.74. The van der Waals surface area contributed by atoms with Gasteiger partial charge in [0.25, 0.3) is 0 Å². The van der Waals surface area contributed by atoms with Crippen LogP contribution in [0.4, 0.5) is 5.69 Å². The summed E-state index contributed by atoms with van der Waals surface area (Å²) in [6.45, 7) is 6.17. The number of carbonyl (C=O) groups excluding carboxylic acids is 1. The largest absolute Gasteiger partial charge is 0.495 e. The van der Waals surface area contributed by atoms with Crippen LogP contribution >= 0.6 is 0 Å². The third-order valence-corrected chi connectivity index (χ3v) is 7.22. The molecule has 3 fully saturated rings. The van der Waals surface area contributed by atoms with Gasteiger partial charge in [-0.25, -0.2) is 0 Å². The summed E-state index contributed by atoms with van der Waals surface area (Å²) >= 11 is 0. The van der Waals surface area contributed by atoms with Gasteiger partial charge in [0, 0.05) is 44.3 Å². The number of hydrogen-bond donors (Lipinski definition) is 2. The van der Waals surface area contributed by atoms with E-state index in [1.165, 1.54) is 65.5 Å². The summed E-state index contributed by atoms with van der Waals surface area (Å²) in [7, 11) is 1.54. The van der Waals surface area contributed by atoms with E-state index >= 15 is 0 Å². The molecule has 3 N–H and O–H groups in total. The molecule has 6 heteroatoms. The van der Waals surface area contributed by atoms with Gasteiger partial charge in [0.1, 0.15) is 5.75 Å². The second-order valence-electron chi connectivity index (χ2n) is 9.42. The Hall–Kier alpha value is -1.92. The predicted molar refractivity (Wildman–Crippen MR) is 121 cm³/mol. The van der Waals surface area contributed by atoms with Crippen molar-refractivity contribution < 1.29 is 9.53 Å². The van der Waals surface area contributed by atoms with E-state index in [0.29, 0.717) is 35.4 Å². The zero-order valence-electron chi connectivity index (χ0n) is 18.2. The van der Waals surface area contributed by atoms with Crippen LogP contribution < -0.4 is 10.5 Å². The van der Waals surface area contributed by atoms with E-state index in [-0.39, 0.29) is 11.5 Å². The minimum atomic E-state index is -0.206. The first-order valence-electron chi connectivity index (χ1n) is 11.6. The van der Waals surface area contributed by atoms with E-state index in [1.54, 1.807) is 18.2 Å². The molecule has 0 spiro atoms. The first kappa shape index (κ1) is 21.3. The van der Waals surface area contributed by atoms with Gasteiger partial charge in [-0.05, 0) is 75.0 Å². The molecule has 0 atom stereocenters. The van der Waals surface area contributed by atoms with Gasteiger partial charge in [-0.1, -0.05) is 0 Å². The minimum absolute atomic E-state index is 0.206. The molecule has 2 saturated carbocycles. The number of hydrogen-bond acceptors (Lipinski definition) is 6. The van der Waals surface area contributed by atoms with E-state index < -0.39 is 0 Å². The topological polar surface area (TPSA) is 82.7 Å². The van der Waals surface area contributed by atoms with Crippen LogP contribution in [0, 0.1) is 17.2 Å². The van der Waals surface area contributed by atoms with Crippen LogP contribution in [0.5, 0.6) is 5.75 Å². The molecule has 6 nitrogen and oxygen atoms in total. The molecule has 1 aromatic carbocycles. The molecule has 0 bridgehead atoms. The zero-order valence-corrected chi connectivity index (χ0v) is 18.2. The summed E-state index contributed by atoms with van der Waals surface area (Å²) in [5.41, 5.74) is 7.04. The van der Waals surface area contributed by atoms with Crippen LogP contribution in [0.15, 0.2) is 18.2 Å². The standard InChI is InChI=1S/C24H36N4O2/c1-30-23-15-19(6-9-21(23)25)24(29)22(26)14-17-4-7-20(8-5-17)28-12-10-27(11-13-28)16-18-2-3-18/h6,9,15,17-18,20,26H,2-5,7-8,10-14,16,25H2,1H3. The van der Waals surface area contributed by atoms with Crippen LogP contribution in [0.2, 0.25) is 0 Å². The molecule has 4 rings (SSSR count). The maximum atomic E-state index is 12.7. The monoisotopic (exact) mass is 412 g/mol. The molecular weight excluding hydrogens is 376 g/mol. The van der Waals surface area contributed by atoms with Gasteiger partial charge in [0.05, 0.1) is 18.5 Å². The zero-order chi connectivity index (χ0) is 21.1. The Labute approximate surface area is 180 Å². The Balaban J connectivity index is 1.21. The number of nitrogen functional groups attached to an aromatic ring is 1. The Morgan fingerprint density at radius 2 is 1.73 bits per heavy atom. The SMILES string of the molecule is COc1cc(C(=O)C(=N)CC2CCC(N3CCN(CC4CC4)CC3)CC2)ccc1N. The van der Waals surface area contributed by atoms with Gasteiger partial charge < -0.3 is 20.8 Å². The number of Topliss-reactive ketones (excluding diaryl/α,β-unsaturated/α-hetero) is 1. The summed E-state index contributed by atoms with van der Waals surface area (Å²) in [5.74, 6) is 1.72. The highest BCUT2D eigenvalue weighted by Gasteiger charge is 2.31. The van der Waals surface area contributed by atoms with Crippen LogP contribution in [0.1, 0.15) is 55.3 Å². The van der Waals surface area contributed by atoms with Crippen molar-refractivity contribution in [1.29, 1.82) is 5.41 Å². The lowest BCUT2D eigenvalue weighted by molar-refractivity contribution is 0.0691. The van der Waals surface area contributed by atoms with Crippen molar-refractivity contribution in [3.63, 3.8) is 0 Å². The number of ether oxygens (including phenoxy) is 1. The molecule has 0 aromatic heterocycles. The molecule has 3 aliphatic rings. The van der Waals surface area contributed by atoms with Gasteiger partial charge in [-0.2, -0.15) is 0 Å². The Morgan fingerprint density at radius 1 is 1.07 bits per heavy atom. The first-order valence-corrected chi connectivity index (χ1v) is 11.6. The summed E-state index contributed by atoms with van der Waals surface area (Å²) < 4.78 is 5.21. The van der Waals surface area contributed by atoms with Crippen molar-refractivity contribution in [3.05, 3.63) is 23.8 Å². The number of carbonyl (C=O) groups is 1. The molecule has 1 aromatic rings. The summed E-state index contributed by atoms with van der Waals surface area (Å²) in [6.07, 6.45) is 8.09. The van der Waals surface area contributed by atoms with Gasteiger partial charge in [-0.3, -0.25) is 9.69 Å². The fourth-order valence-corrected chi connectivity index (χ4v) is 5.10. The maximum Gasteiger partial charge on any atom is 0.206 e. The van der Waals surface area contributed by atoms with Crippen molar-refractivity contribution in [3.8, 4) is 5.75 Å². The number of nitrogens with two attached hydrogens (primary N) is 1. The number of benzene rings is 1. The van der Waals surface area contributed by atoms with E-state index in [0.717, 1.165) is 18.8 Å². The van der Waals surface area contributed by atoms with E-state index in [4.69, 9.17) is 15.9 Å². The Morgan fingerprint density at radius 3 is 2.37 bits per heavy atom. The number of nitrogens with zero attached hydrogens (tertiary/aromatic N) is 2. The van der Waals surface area contributed by atoms with Gasteiger partial charge >= 0.3 is 0 Å². The van der Waals surface area contributed by atoms with Crippen molar-refractivity contribution in [2.45, 2.75) is 51.0 Å². The number of ketones is 1. The highest BCUT2D eigenvalue weighted by molar-refractivity contribution is 6.45. The minimum Gasteiger partial charge on any atom is -0.495 e. The average molecular weight is 413 g/mol. The molecule has 164 valence electrons. The van der Waals surface area contributed by atoms with E-state index in [1.807, 2.05) is 0 Å². The lowest BCUT2D eigenvalue weighted by Crippen LogP contribution is -2.51. The van der Waals surface area contributed by atoms with Crippen LogP contribution in [0.25, 0.3) is 0 Å². The lowest BCUT2D eigenvalue weighted by Gasteiger charge is -2.42. The smallest absolute Gasteiger partial charge is 0.206 e. The fourth-order valence-electron chi connectivity index (χ4n) is 5.10. The van der Waals surface area contributed by atoms with Gasteiger partial charge in [0.15, 0.2) is 0 Å². The maximum absolute atomic E-state index is 12.7. The van der Waals surface area contributed by atoms with Crippen LogP contribution in [0.3, 0.4) is 0 Å². The molecule has 1 aliphatic heterocycles. The third-order valence-electron chi connectivity index (χ3n) is 7.22. The van der Waals surface area contributed by atoms with Crippen molar-refractivity contribution in [2.24, 2.45) is 11.8 Å². The molecule has 0 amide bonds. The highest BCUT2D eigenvalue weighted by atomic mass is 16.5. The van der Waals surface area contributed by atoms with E-state index in [9.17, 15) is 4.79 Å². The first-order chi connectivity index (χ1) is 14.5. The molecular formula is C24H36N4O2. The van der Waals surface area contributed by atoms with Crippen LogP contribution in [-0.2, 0) is 0 Å². The lowest BCUT2D eigenvalue weighted by atomic mass is 9.81. The number of rotatable bonds is 8. The quantitative estimate of drug-likeness (QED) is 0.388. The third kappa shape index (κ3) is 5.22. The normalized spacial score (nSPS) is 25.8. The highest BCUT2D eigenvalue weighted by Crippen LogP contribution is 2.32. The van der Waals surface area contributed by atoms with E-state index in [2.05, 4.69) is 9.80 Å². The number of methoxy groups -OCH3 is 1. The summed E-state index contributed by atoms with van der Waals surface area (Å²) in [6, 6.07) is 5.70. The molecule has 0 radical (unpaired) electrons. The molecule has 0 unspecified atom stereocenters. The van der Waals surface area contributed by atoms with Gasteiger partial charge in [-0.15, -0.1) is 0 Å². The number of piperazine rings is 1. The predicted octanol–water partition coefficient (Wildman–Crippen LogP) is 3.46. The molecule has 2 aliphatic carbocycles. The molecule has 1 heterocycles.